The van der Waals surface area contributed by atoms with Gasteiger partial charge in [0.05, 0.1) is 13.2 Å². The lowest BCUT2D eigenvalue weighted by Crippen LogP contribution is -2.32. The lowest BCUT2D eigenvalue weighted by Gasteiger charge is -2.30. The molecule has 0 fully saturated rings. The van der Waals surface area contributed by atoms with E-state index in [1.165, 1.54) is 11.6 Å². The summed E-state index contributed by atoms with van der Waals surface area (Å²) >= 11 is 0. The van der Waals surface area contributed by atoms with Crippen LogP contribution in [0.15, 0.2) is 42.5 Å². The molecule has 2 N–H and O–H groups in total. The summed E-state index contributed by atoms with van der Waals surface area (Å²) in [7, 11) is 1.66. The Morgan fingerprint density at radius 3 is 2.86 bits per heavy atom. The van der Waals surface area contributed by atoms with E-state index in [4.69, 9.17) is 10.5 Å². The molecule has 1 atom stereocenters. The highest BCUT2D eigenvalue weighted by molar-refractivity contribution is 5.60. The second-order valence-electron chi connectivity index (χ2n) is 5.21. The first-order valence-electron chi connectivity index (χ1n) is 7.12. The molecule has 4 heteroatoms. The molecule has 3 nitrogen and oxygen atoms in total. The molecule has 1 heterocycles. The van der Waals surface area contributed by atoms with E-state index in [9.17, 15) is 4.39 Å². The van der Waals surface area contributed by atoms with E-state index in [0.29, 0.717) is 6.54 Å². The van der Waals surface area contributed by atoms with Crippen LogP contribution in [0.1, 0.15) is 17.2 Å². The minimum atomic E-state index is -0.212. The van der Waals surface area contributed by atoms with Gasteiger partial charge in [0, 0.05) is 24.3 Å². The van der Waals surface area contributed by atoms with Gasteiger partial charge in [-0.25, -0.2) is 4.39 Å². The maximum absolute atomic E-state index is 13.6. The van der Waals surface area contributed by atoms with Crippen molar-refractivity contribution in [3.05, 3.63) is 59.4 Å². The fraction of sp³-hybridized carbons (Fsp3) is 0.294. The van der Waals surface area contributed by atoms with Crippen LogP contribution in [0, 0.1) is 5.82 Å². The molecule has 0 aromatic heterocycles. The summed E-state index contributed by atoms with van der Waals surface area (Å²) in [6, 6.07) is 12.8. The van der Waals surface area contributed by atoms with Crippen LogP contribution in [0.5, 0.6) is 5.75 Å². The second kappa shape index (κ2) is 5.74. The molecule has 0 radical (unpaired) electrons. The largest absolute Gasteiger partial charge is 0.496 e. The summed E-state index contributed by atoms with van der Waals surface area (Å²) in [6.07, 6.45) is 0.918. The SMILES string of the molecule is COc1ccccc1C(CN)N1CCc2ccc(F)cc21. The van der Waals surface area contributed by atoms with Crippen LogP contribution in [0.25, 0.3) is 0 Å². The van der Waals surface area contributed by atoms with Gasteiger partial charge in [-0.3, -0.25) is 0 Å². The first kappa shape index (κ1) is 13.9. The van der Waals surface area contributed by atoms with E-state index in [1.807, 2.05) is 30.3 Å². The Labute approximate surface area is 124 Å². The number of hydrogen-bond acceptors (Lipinski definition) is 3. The number of rotatable bonds is 4. The van der Waals surface area contributed by atoms with Crippen molar-refractivity contribution in [2.24, 2.45) is 5.73 Å². The van der Waals surface area contributed by atoms with Gasteiger partial charge < -0.3 is 15.4 Å². The Morgan fingerprint density at radius 1 is 1.29 bits per heavy atom. The summed E-state index contributed by atoms with van der Waals surface area (Å²) in [6.45, 7) is 1.30. The number of nitrogens with zero attached hydrogens (tertiary/aromatic N) is 1. The van der Waals surface area contributed by atoms with E-state index in [2.05, 4.69) is 4.90 Å². The number of para-hydroxylation sites is 1. The van der Waals surface area contributed by atoms with Gasteiger partial charge in [0.1, 0.15) is 11.6 Å². The zero-order valence-corrected chi connectivity index (χ0v) is 12.1. The lowest BCUT2D eigenvalue weighted by atomic mass is 10.0. The molecule has 0 bridgehead atoms. The second-order valence-corrected chi connectivity index (χ2v) is 5.21. The molecule has 0 saturated heterocycles. The van der Waals surface area contributed by atoms with Gasteiger partial charge >= 0.3 is 0 Å². The predicted molar refractivity (Wildman–Crippen MR) is 82.2 cm³/mol. The van der Waals surface area contributed by atoms with Crippen molar-refractivity contribution < 1.29 is 9.13 Å². The number of hydrogen-bond donors (Lipinski definition) is 1. The normalized spacial score (nSPS) is 14.9. The molecule has 0 aliphatic carbocycles. The summed E-state index contributed by atoms with van der Waals surface area (Å²) in [5, 5.41) is 0. The van der Waals surface area contributed by atoms with E-state index < -0.39 is 0 Å². The molecule has 21 heavy (non-hydrogen) atoms. The molecule has 110 valence electrons. The first-order chi connectivity index (χ1) is 10.2. The summed E-state index contributed by atoms with van der Waals surface area (Å²) in [4.78, 5) is 2.18. The minimum absolute atomic E-state index is 0.0100. The number of benzene rings is 2. The highest BCUT2D eigenvalue weighted by Crippen LogP contribution is 2.37. The van der Waals surface area contributed by atoms with Gasteiger partial charge in [-0.15, -0.1) is 0 Å². The fourth-order valence-corrected chi connectivity index (χ4v) is 3.06. The highest BCUT2D eigenvalue weighted by atomic mass is 19.1. The lowest BCUT2D eigenvalue weighted by molar-refractivity contribution is 0.404. The maximum Gasteiger partial charge on any atom is 0.125 e. The van der Waals surface area contributed by atoms with Gasteiger partial charge in [0.25, 0.3) is 0 Å². The van der Waals surface area contributed by atoms with Crippen molar-refractivity contribution in [1.82, 2.24) is 0 Å². The van der Waals surface area contributed by atoms with Gasteiger partial charge in [0.15, 0.2) is 0 Å². The molecule has 2 aromatic rings. The predicted octanol–water partition coefficient (Wildman–Crippen LogP) is 2.90. The molecule has 2 aromatic carbocycles. The number of nitrogens with two attached hydrogens (primary N) is 1. The van der Waals surface area contributed by atoms with Gasteiger partial charge in [0.2, 0.25) is 0 Å². The quantitative estimate of drug-likeness (QED) is 0.939. The third-order valence-corrected chi connectivity index (χ3v) is 4.08. The van der Waals surface area contributed by atoms with Crippen LogP contribution in [0.3, 0.4) is 0 Å². The van der Waals surface area contributed by atoms with Crippen molar-refractivity contribution >= 4 is 5.69 Å². The van der Waals surface area contributed by atoms with Crippen molar-refractivity contribution in [3.63, 3.8) is 0 Å². The molecule has 3 rings (SSSR count). The van der Waals surface area contributed by atoms with Crippen LogP contribution < -0.4 is 15.4 Å². The van der Waals surface area contributed by atoms with E-state index in [1.54, 1.807) is 13.2 Å². The van der Waals surface area contributed by atoms with Gasteiger partial charge in [-0.1, -0.05) is 24.3 Å². The number of ether oxygens (including phenoxy) is 1. The maximum atomic E-state index is 13.6. The molecule has 1 unspecified atom stereocenters. The van der Waals surface area contributed by atoms with Crippen molar-refractivity contribution in [1.29, 1.82) is 0 Å². The average molecular weight is 286 g/mol. The zero-order chi connectivity index (χ0) is 14.8. The Morgan fingerprint density at radius 2 is 2.10 bits per heavy atom. The Hall–Kier alpha value is -2.07. The van der Waals surface area contributed by atoms with E-state index >= 15 is 0 Å². The molecular formula is C17H19FN2O. The molecule has 1 aliphatic rings. The van der Waals surface area contributed by atoms with Crippen LogP contribution in [0.4, 0.5) is 10.1 Å². The topological polar surface area (TPSA) is 38.5 Å². The van der Waals surface area contributed by atoms with Gasteiger partial charge in [-0.2, -0.15) is 0 Å². The zero-order valence-electron chi connectivity index (χ0n) is 12.1. The number of anilines is 1. The molecule has 1 aliphatic heterocycles. The summed E-state index contributed by atoms with van der Waals surface area (Å²) in [5.41, 5.74) is 9.17. The van der Waals surface area contributed by atoms with Gasteiger partial charge in [-0.05, 0) is 30.2 Å². The number of methoxy groups -OCH3 is 1. The van der Waals surface area contributed by atoms with Crippen LogP contribution in [-0.2, 0) is 6.42 Å². The van der Waals surface area contributed by atoms with Crippen LogP contribution in [0.2, 0.25) is 0 Å². The van der Waals surface area contributed by atoms with E-state index in [-0.39, 0.29) is 11.9 Å². The monoisotopic (exact) mass is 286 g/mol. The molecular weight excluding hydrogens is 267 g/mol. The van der Waals surface area contributed by atoms with Crippen molar-refractivity contribution in [2.75, 3.05) is 25.1 Å². The fourth-order valence-electron chi connectivity index (χ4n) is 3.06. The third kappa shape index (κ3) is 2.47. The summed E-state index contributed by atoms with van der Waals surface area (Å²) in [5.74, 6) is 0.606. The highest BCUT2D eigenvalue weighted by Gasteiger charge is 2.28. The number of fused-ring (bicyclic) bond motifs is 1. The third-order valence-electron chi connectivity index (χ3n) is 4.08. The number of halogens is 1. The Balaban J connectivity index is 2.01. The van der Waals surface area contributed by atoms with Crippen LogP contribution >= 0.6 is 0 Å². The Kier molecular flexibility index (Phi) is 3.80. The molecule has 0 saturated carbocycles. The van der Waals surface area contributed by atoms with Crippen molar-refractivity contribution in [2.45, 2.75) is 12.5 Å². The average Bonchev–Trinajstić information content (AvgIpc) is 2.92. The Bertz CT molecular complexity index is 644. The minimum Gasteiger partial charge on any atom is -0.496 e. The van der Waals surface area contributed by atoms with Crippen molar-refractivity contribution in [3.8, 4) is 5.75 Å². The summed E-state index contributed by atoms with van der Waals surface area (Å²) < 4.78 is 19.0. The van der Waals surface area contributed by atoms with E-state index in [0.717, 1.165) is 30.0 Å². The molecule has 0 spiro atoms. The molecule has 0 amide bonds. The first-order valence-corrected chi connectivity index (χ1v) is 7.12. The van der Waals surface area contributed by atoms with Crippen LogP contribution in [-0.4, -0.2) is 20.2 Å². The smallest absolute Gasteiger partial charge is 0.125 e. The standard InChI is InChI=1S/C17H19FN2O/c1-21-17-5-3-2-4-14(17)16(11-19)20-9-8-12-6-7-13(18)10-15(12)20/h2-7,10,16H,8-9,11,19H2,1H3.